The maximum absolute atomic E-state index is 12.2. The highest BCUT2D eigenvalue weighted by molar-refractivity contribution is 9.10. The molecule has 2 heterocycles. The van der Waals surface area contributed by atoms with E-state index < -0.39 is 0 Å². The van der Waals surface area contributed by atoms with E-state index in [0.717, 1.165) is 28.8 Å². The first-order valence-corrected chi connectivity index (χ1v) is 9.04. The number of furan rings is 1. The van der Waals surface area contributed by atoms with Gasteiger partial charge < -0.3 is 19.5 Å². The number of anilines is 1. The average Bonchev–Trinajstić information content (AvgIpc) is 3.13. The number of benzene rings is 1. The van der Waals surface area contributed by atoms with Crippen molar-refractivity contribution in [1.29, 1.82) is 0 Å². The Morgan fingerprint density at radius 2 is 2.04 bits per heavy atom. The second-order valence-electron chi connectivity index (χ2n) is 6.21. The Bertz CT molecular complexity index is 753. The number of hydrogen-bond acceptors (Lipinski definition) is 3. The Balaban J connectivity index is 1.47. The van der Waals surface area contributed by atoms with Crippen LogP contribution in [0.1, 0.15) is 16.1 Å². The Morgan fingerprint density at radius 1 is 1.28 bits per heavy atom. The molecule has 1 aromatic carbocycles. The molecule has 132 valence electrons. The summed E-state index contributed by atoms with van der Waals surface area (Å²) in [6.45, 7) is 5.14. The molecule has 25 heavy (non-hydrogen) atoms. The molecular weight excluding hydrogens is 386 g/mol. The number of amides is 2. The smallest absolute Gasteiger partial charge is 0.289 e. The van der Waals surface area contributed by atoms with E-state index in [4.69, 9.17) is 4.42 Å². The highest BCUT2D eigenvalue weighted by atomic mass is 79.9. The van der Waals surface area contributed by atoms with E-state index >= 15 is 0 Å². The lowest BCUT2D eigenvalue weighted by Gasteiger charge is -2.31. The summed E-state index contributed by atoms with van der Waals surface area (Å²) in [6, 6.07) is 9.15. The van der Waals surface area contributed by atoms with E-state index in [-0.39, 0.29) is 11.8 Å². The van der Waals surface area contributed by atoms with Crippen LogP contribution >= 0.6 is 15.9 Å². The molecule has 0 unspecified atom stereocenters. The van der Waals surface area contributed by atoms with Gasteiger partial charge in [0.05, 0.1) is 32.4 Å². The second-order valence-corrected chi connectivity index (χ2v) is 7.06. The van der Waals surface area contributed by atoms with Crippen LogP contribution in [0.4, 0.5) is 5.69 Å². The van der Waals surface area contributed by atoms with Gasteiger partial charge in [0, 0.05) is 10.2 Å². The van der Waals surface area contributed by atoms with Crippen molar-refractivity contribution in [3.8, 4) is 0 Å². The summed E-state index contributed by atoms with van der Waals surface area (Å²) < 4.78 is 6.13. The highest BCUT2D eigenvalue weighted by Crippen LogP contribution is 2.20. The fourth-order valence-corrected chi connectivity index (χ4v) is 3.24. The number of hydrogen-bond donors (Lipinski definition) is 2. The number of aryl methyl sites for hydroxylation is 1. The van der Waals surface area contributed by atoms with E-state index in [1.807, 2.05) is 25.1 Å². The van der Waals surface area contributed by atoms with Crippen molar-refractivity contribution in [3.05, 3.63) is 52.4 Å². The standard InChI is InChI=1S/C18H20BrN3O3/c1-13-4-5-14(11-15(13)19)20-17(23)12-21-6-8-22(9-7-21)18(24)16-3-2-10-25-16/h2-5,10-11H,6-9,12H2,1H3,(H,20,23)/p+1. The Labute approximate surface area is 154 Å². The third kappa shape index (κ3) is 4.49. The molecule has 6 nitrogen and oxygen atoms in total. The molecule has 1 fully saturated rings. The number of piperazine rings is 1. The first kappa shape index (κ1) is 17.7. The number of rotatable bonds is 4. The van der Waals surface area contributed by atoms with Gasteiger partial charge in [0.15, 0.2) is 12.3 Å². The Morgan fingerprint density at radius 3 is 2.68 bits per heavy atom. The van der Waals surface area contributed by atoms with Crippen LogP contribution in [0.25, 0.3) is 0 Å². The predicted octanol–water partition coefficient (Wildman–Crippen LogP) is 1.33. The summed E-state index contributed by atoms with van der Waals surface area (Å²) >= 11 is 3.47. The zero-order valence-corrected chi connectivity index (χ0v) is 15.6. The number of halogens is 1. The zero-order chi connectivity index (χ0) is 17.8. The molecule has 2 N–H and O–H groups in total. The molecule has 0 saturated carbocycles. The number of carbonyl (C=O) groups excluding carboxylic acids is 2. The Kier molecular flexibility index (Phi) is 5.55. The fourth-order valence-electron chi connectivity index (χ4n) is 2.86. The summed E-state index contributed by atoms with van der Waals surface area (Å²) in [7, 11) is 0. The lowest BCUT2D eigenvalue weighted by Crippen LogP contribution is -3.15. The number of carbonyl (C=O) groups is 2. The Hall–Kier alpha value is -2.12. The number of nitrogens with one attached hydrogen (secondary N) is 2. The van der Waals surface area contributed by atoms with Gasteiger partial charge >= 0.3 is 0 Å². The third-order valence-electron chi connectivity index (χ3n) is 4.36. The van der Waals surface area contributed by atoms with Crippen molar-refractivity contribution >= 4 is 33.4 Å². The quantitative estimate of drug-likeness (QED) is 0.804. The maximum atomic E-state index is 12.2. The van der Waals surface area contributed by atoms with Gasteiger partial charge in [-0.15, -0.1) is 0 Å². The molecule has 0 spiro atoms. The van der Waals surface area contributed by atoms with Crippen LogP contribution in [0.5, 0.6) is 0 Å². The topological polar surface area (TPSA) is 67.0 Å². The molecule has 0 radical (unpaired) electrons. The largest absolute Gasteiger partial charge is 0.459 e. The van der Waals surface area contributed by atoms with Crippen molar-refractivity contribution in [3.63, 3.8) is 0 Å². The van der Waals surface area contributed by atoms with Gasteiger partial charge in [0.25, 0.3) is 11.8 Å². The van der Waals surface area contributed by atoms with Crippen molar-refractivity contribution in [2.45, 2.75) is 6.92 Å². The summed E-state index contributed by atoms with van der Waals surface area (Å²) in [5.74, 6) is 0.265. The predicted molar refractivity (Wildman–Crippen MR) is 97.7 cm³/mol. The van der Waals surface area contributed by atoms with Crippen LogP contribution in [0.15, 0.2) is 45.5 Å². The van der Waals surface area contributed by atoms with Crippen LogP contribution < -0.4 is 10.2 Å². The third-order valence-corrected chi connectivity index (χ3v) is 5.21. The van der Waals surface area contributed by atoms with Gasteiger partial charge in [0.2, 0.25) is 0 Å². The van der Waals surface area contributed by atoms with Gasteiger partial charge in [0.1, 0.15) is 0 Å². The van der Waals surface area contributed by atoms with Crippen LogP contribution in [-0.4, -0.2) is 49.4 Å². The van der Waals surface area contributed by atoms with Crippen molar-refractivity contribution in [2.24, 2.45) is 0 Å². The van der Waals surface area contributed by atoms with Crippen LogP contribution in [0, 0.1) is 6.92 Å². The average molecular weight is 407 g/mol. The molecule has 1 saturated heterocycles. The minimum atomic E-state index is -0.0852. The van der Waals surface area contributed by atoms with Crippen LogP contribution in [-0.2, 0) is 4.79 Å². The molecule has 2 amide bonds. The molecule has 1 aliphatic rings. The lowest BCUT2D eigenvalue weighted by atomic mass is 10.2. The van der Waals surface area contributed by atoms with Gasteiger partial charge in [-0.25, -0.2) is 0 Å². The van der Waals surface area contributed by atoms with Gasteiger partial charge in [-0.2, -0.15) is 0 Å². The molecule has 3 rings (SSSR count). The van der Waals surface area contributed by atoms with E-state index in [9.17, 15) is 9.59 Å². The minimum Gasteiger partial charge on any atom is -0.459 e. The summed E-state index contributed by atoms with van der Waals surface area (Å²) in [4.78, 5) is 27.4. The van der Waals surface area contributed by atoms with E-state index in [2.05, 4.69) is 21.2 Å². The normalized spacial score (nSPS) is 15.2. The van der Waals surface area contributed by atoms with Crippen LogP contribution in [0.3, 0.4) is 0 Å². The van der Waals surface area contributed by atoms with E-state index in [1.165, 1.54) is 11.2 Å². The van der Waals surface area contributed by atoms with Crippen molar-refractivity contribution < 1.29 is 18.9 Å². The van der Waals surface area contributed by atoms with Crippen molar-refractivity contribution in [2.75, 3.05) is 38.0 Å². The number of nitrogens with zero attached hydrogens (tertiary/aromatic N) is 1. The molecule has 7 heteroatoms. The molecular formula is C18H21BrN3O3+. The summed E-state index contributed by atoms with van der Waals surface area (Å²) in [6.07, 6.45) is 1.50. The molecule has 1 aliphatic heterocycles. The lowest BCUT2D eigenvalue weighted by molar-refractivity contribution is -0.895. The van der Waals surface area contributed by atoms with E-state index in [1.54, 1.807) is 17.0 Å². The molecule has 1 aromatic heterocycles. The number of quaternary nitrogens is 1. The SMILES string of the molecule is Cc1ccc(NC(=O)C[NH+]2CCN(C(=O)c3ccco3)CC2)cc1Br. The molecule has 0 bridgehead atoms. The molecule has 0 aliphatic carbocycles. The van der Waals surface area contributed by atoms with E-state index in [0.29, 0.717) is 25.4 Å². The van der Waals surface area contributed by atoms with Gasteiger partial charge in [-0.1, -0.05) is 22.0 Å². The highest BCUT2D eigenvalue weighted by Gasteiger charge is 2.27. The van der Waals surface area contributed by atoms with Gasteiger partial charge in [-0.3, -0.25) is 9.59 Å². The second kappa shape index (κ2) is 7.84. The molecule has 0 atom stereocenters. The maximum Gasteiger partial charge on any atom is 0.289 e. The first-order valence-electron chi connectivity index (χ1n) is 8.25. The monoisotopic (exact) mass is 406 g/mol. The summed E-state index contributed by atoms with van der Waals surface area (Å²) in [5.41, 5.74) is 1.91. The minimum absolute atomic E-state index is 0.0171. The fraction of sp³-hybridized carbons (Fsp3) is 0.333. The zero-order valence-electron chi connectivity index (χ0n) is 14.0. The van der Waals surface area contributed by atoms with Crippen molar-refractivity contribution in [1.82, 2.24) is 4.90 Å². The summed E-state index contributed by atoms with van der Waals surface area (Å²) in [5, 5.41) is 2.93. The van der Waals surface area contributed by atoms with Gasteiger partial charge in [-0.05, 0) is 36.8 Å². The first-order chi connectivity index (χ1) is 12.0. The molecule has 2 aromatic rings. The van der Waals surface area contributed by atoms with Crippen LogP contribution in [0.2, 0.25) is 0 Å².